The molecule has 0 saturated carbocycles. The Morgan fingerprint density at radius 3 is 2.71 bits per heavy atom. The third-order valence-corrected chi connectivity index (χ3v) is 3.93. The van der Waals surface area contributed by atoms with Crippen molar-refractivity contribution in [3.8, 4) is 0 Å². The molecule has 1 N–H and O–H groups in total. The van der Waals surface area contributed by atoms with Crippen LogP contribution >= 0.6 is 11.8 Å². The van der Waals surface area contributed by atoms with Crippen LogP contribution in [0.15, 0.2) is 29.3 Å². The molecule has 21 heavy (non-hydrogen) atoms. The van der Waals surface area contributed by atoms with Crippen LogP contribution in [0.2, 0.25) is 0 Å². The molecule has 110 valence electrons. The van der Waals surface area contributed by atoms with Crippen molar-refractivity contribution in [1.29, 1.82) is 0 Å². The first-order valence-corrected chi connectivity index (χ1v) is 7.39. The van der Waals surface area contributed by atoms with E-state index in [4.69, 9.17) is 0 Å². The molecule has 2 rings (SSSR count). The summed E-state index contributed by atoms with van der Waals surface area (Å²) in [6.45, 7) is 3.64. The van der Waals surface area contributed by atoms with Gasteiger partial charge in [0.1, 0.15) is 5.69 Å². The lowest BCUT2D eigenvalue weighted by atomic mass is 10.2. The van der Waals surface area contributed by atoms with Crippen molar-refractivity contribution in [1.82, 2.24) is 9.97 Å². The fourth-order valence-corrected chi connectivity index (χ4v) is 2.91. The summed E-state index contributed by atoms with van der Waals surface area (Å²) in [5.74, 6) is 1.02. The Balaban J connectivity index is 2.29. The van der Waals surface area contributed by atoms with E-state index in [0.29, 0.717) is 22.4 Å². The molecule has 0 atom stereocenters. The second-order valence-electron chi connectivity index (χ2n) is 4.57. The van der Waals surface area contributed by atoms with E-state index < -0.39 is 4.92 Å². The van der Waals surface area contributed by atoms with Crippen LogP contribution in [0.5, 0.6) is 0 Å². The van der Waals surface area contributed by atoms with Gasteiger partial charge in [0.05, 0.1) is 4.92 Å². The fourth-order valence-electron chi connectivity index (χ4n) is 1.92. The van der Waals surface area contributed by atoms with Crippen LogP contribution in [0.25, 0.3) is 0 Å². The molecule has 6 nitrogen and oxygen atoms in total. The van der Waals surface area contributed by atoms with Crippen LogP contribution in [-0.2, 0) is 5.75 Å². The maximum absolute atomic E-state index is 11.2. The van der Waals surface area contributed by atoms with Crippen LogP contribution < -0.4 is 5.32 Å². The van der Waals surface area contributed by atoms with E-state index in [0.717, 1.165) is 11.1 Å². The molecule has 0 aliphatic heterocycles. The lowest BCUT2D eigenvalue weighted by molar-refractivity contribution is -0.389. The van der Waals surface area contributed by atoms with E-state index in [1.807, 2.05) is 25.1 Å². The molecule has 0 amide bonds. The highest BCUT2D eigenvalue weighted by Gasteiger charge is 2.22. The number of anilines is 1. The molecule has 0 aliphatic rings. The summed E-state index contributed by atoms with van der Waals surface area (Å²) in [5.41, 5.74) is 2.62. The maximum Gasteiger partial charge on any atom is 0.322 e. The summed E-state index contributed by atoms with van der Waals surface area (Å²) in [7, 11) is 1.69. The van der Waals surface area contributed by atoms with Gasteiger partial charge in [0.25, 0.3) is 0 Å². The Labute approximate surface area is 127 Å². The summed E-state index contributed by atoms with van der Waals surface area (Å²) in [6.07, 6.45) is 0. The van der Waals surface area contributed by atoms with Crippen LogP contribution in [0.3, 0.4) is 0 Å². The lowest BCUT2D eigenvalue weighted by Crippen LogP contribution is -2.04. The topological polar surface area (TPSA) is 81.0 Å². The smallest absolute Gasteiger partial charge is 0.322 e. The number of thioether (sulfide) groups is 1. The molecular weight excluding hydrogens is 288 g/mol. The van der Waals surface area contributed by atoms with Crippen molar-refractivity contribution < 1.29 is 4.92 Å². The van der Waals surface area contributed by atoms with Crippen LogP contribution in [-0.4, -0.2) is 21.9 Å². The molecule has 1 aromatic heterocycles. The van der Waals surface area contributed by atoms with E-state index >= 15 is 0 Å². The monoisotopic (exact) mass is 304 g/mol. The van der Waals surface area contributed by atoms with E-state index in [2.05, 4.69) is 21.4 Å². The largest absolute Gasteiger partial charge is 0.357 e. The third-order valence-electron chi connectivity index (χ3n) is 2.89. The fraction of sp³-hybridized carbons (Fsp3) is 0.286. The Hall–Kier alpha value is -2.15. The number of nitrogens with zero attached hydrogens (tertiary/aromatic N) is 3. The van der Waals surface area contributed by atoms with E-state index in [-0.39, 0.29) is 5.69 Å². The summed E-state index contributed by atoms with van der Waals surface area (Å²) in [6, 6.07) is 8.05. The predicted octanol–water partition coefficient (Wildman–Crippen LogP) is 3.34. The van der Waals surface area contributed by atoms with Crippen molar-refractivity contribution in [3.05, 3.63) is 51.2 Å². The van der Waals surface area contributed by atoms with Gasteiger partial charge in [-0.05, 0) is 19.4 Å². The van der Waals surface area contributed by atoms with Crippen LogP contribution in [0.1, 0.15) is 16.8 Å². The van der Waals surface area contributed by atoms with E-state index in [1.54, 1.807) is 14.0 Å². The standard InChI is InChI=1S/C14H16N4O2S/c1-9-5-4-6-11(7-9)8-21-13-12(18(19)20)10(2)16-14(15-3)17-13/h4-7H,8H2,1-3H3,(H,15,16,17). The summed E-state index contributed by atoms with van der Waals surface area (Å²) >= 11 is 1.35. The van der Waals surface area contributed by atoms with Gasteiger partial charge in [-0.1, -0.05) is 41.6 Å². The predicted molar refractivity (Wildman–Crippen MR) is 83.7 cm³/mol. The zero-order valence-corrected chi connectivity index (χ0v) is 12.9. The molecule has 0 bridgehead atoms. The highest BCUT2D eigenvalue weighted by molar-refractivity contribution is 7.98. The number of nitrogens with one attached hydrogen (secondary N) is 1. The Morgan fingerprint density at radius 2 is 2.10 bits per heavy atom. The molecule has 0 radical (unpaired) electrons. The molecule has 0 aliphatic carbocycles. The molecule has 1 heterocycles. The number of rotatable bonds is 5. The SMILES string of the molecule is CNc1nc(C)c([N+](=O)[O-])c(SCc2cccc(C)c2)n1. The first kappa shape index (κ1) is 15.2. The molecule has 2 aromatic rings. The van der Waals surface area contributed by atoms with Gasteiger partial charge in [-0.3, -0.25) is 10.1 Å². The van der Waals surface area contributed by atoms with E-state index in [1.165, 1.54) is 11.8 Å². The number of aryl methyl sites for hydroxylation is 2. The van der Waals surface area contributed by atoms with Crippen molar-refractivity contribution in [3.63, 3.8) is 0 Å². The molecule has 0 fully saturated rings. The molecule has 0 saturated heterocycles. The average Bonchev–Trinajstić information content (AvgIpc) is 2.44. The number of aromatic nitrogens is 2. The van der Waals surface area contributed by atoms with Crippen LogP contribution in [0.4, 0.5) is 11.6 Å². The minimum Gasteiger partial charge on any atom is -0.357 e. The van der Waals surface area contributed by atoms with Gasteiger partial charge in [-0.15, -0.1) is 0 Å². The van der Waals surface area contributed by atoms with E-state index in [9.17, 15) is 10.1 Å². The average molecular weight is 304 g/mol. The maximum atomic E-state index is 11.2. The molecular formula is C14H16N4O2S. The Bertz CT molecular complexity index is 676. The molecule has 0 unspecified atom stereocenters. The number of hydrogen-bond acceptors (Lipinski definition) is 6. The van der Waals surface area contributed by atoms with Crippen molar-refractivity contribution in [2.75, 3.05) is 12.4 Å². The van der Waals surface area contributed by atoms with Crippen LogP contribution in [0, 0.1) is 24.0 Å². The molecule has 0 spiro atoms. The first-order chi connectivity index (χ1) is 10.0. The second-order valence-corrected chi connectivity index (χ2v) is 5.54. The number of hydrogen-bond donors (Lipinski definition) is 1. The lowest BCUT2D eigenvalue weighted by Gasteiger charge is -2.07. The van der Waals surface area contributed by atoms with Gasteiger partial charge >= 0.3 is 5.69 Å². The minimum atomic E-state index is -0.423. The van der Waals surface area contributed by atoms with Gasteiger partial charge in [0.2, 0.25) is 5.95 Å². The number of nitro groups is 1. The van der Waals surface area contributed by atoms with Gasteiger partial charge in [0, 0.05) is 12.8 Å². The number of benzene rings is 1. The zero-order chi connectivity index (χ0) is 15.4. The third kappa shape index (κ3) is 3.69. The molecule has 1 aromatic carbocycles. The Morgan fingerprint density at radius 1 is 1.33 bits per heavy atom. The van der Waals surface area contributed by atoms with Crippen molar-refractivity contribution in [2.45, 2.75) is 24.6 Å². The summed E-state index contributed by atoms with van der Waals surface area (Å²) in [5, 5.41) is 14.4. The van der Waals surface area contributed by atoms with Crippen molar-refractivity contribution in [2.24, 2.45) is 0 Å². The molecule has 7 heteroatoms. The van der Waals surface area contributed by atoms with Gasteiger partial charge in [-0.25, -0.2) is 4.98 Å². The normalized spacial score (nSPS) is 10.4. The summed E-state index contributed by atoms with van der Waals surface area (Å²) < 4.78 is 0. The highest BCUT2D eigenvalue weighted by Crippen LogP contribution is 2.32. The zero-order valence-electron chi connectivity index (χ0n) is 12.1. The Kier molecular flexibility index (Phi) is 4.74. The quantitative estimate of drug-likeness (QED) is 0.395. The second kappa shape index (κ2) is 6.53. The highest BCUT2D eigenvalue weighted by atomic mass is 32.2. The van der Waals surface area contributed by atoms with Gasteiger partial charge in [-0.2, -0.15) is 4.98 Å². The van der Waals surface area contributed by atoms with Crippen molar-refractivity contribution >= 4 is 23.4 Å². The minimum absolute atomic E-state index is 0.0216. The first-order valence-electron chi connectivity index (χ1n) is 6.40. The van der Waals surface area contributed by atoms with Gasteiger partial charge in [0.15, 0.2) is 5.03 Å². The summed E-state index contributed by atoms with van der Waals surface area (Å²) in [4.78, 5) is 19.1. The van der Waals surface area contributed by atoms with Gasteiger partial charge < -0.3 is 5.32 Å².